The maximum absolute atomic E-state index is 12.9. The minimum atomic E-state index is -3.95. The lowest BCUT2D eigenvalue weighted by atomic mass is 10.1. The van der Waals surface area contributed by atoms with Crippen molar-refractivity contribution in [2.75, 3.05) is 31.2 Å². The number of benzene rings is 2. The fourth-order valence-electron chi connectivity index (χ4n) is 2.58. The van der Waals surface area contributed by atoms with Crippen LogP contribution < -0.4 is 19.5 Å². The maximum atomic E-state index is 12.9. The Morgan fingerprint density at radius 1 is 0.852 bits per heavy atom. The van der Waals surface area contributed by atoms with Crippen LogP contribution in [0.15, 0.2) is 40.1 Å². The van der Waals surface area contributed by atoms with E-state index in [1.54, 1.807) is 27.0 Å². The number of aryl methyl sites for hydroxylation is 2. The molecule has 2 aromatic rings. The SMILES string of the molecule is CNc1ccc(S(=O)(=O)NC)cc1NS(=O)(=O)c1cc(C)c(OC)cc1C. The number of anilines is 2. The van der Waals surface area contributed by atoms with Crippen LogP contribution >= 0.6 is 0 Å². The fourth-order valence-corrected chi connectivity index (χ4v) is 4.72. The van der Waals surface area contributed by atoms with Gasteiger partial charge in [-0.2, -0.15) is 0 Å². The second-order valence-corrected chi connectivity index (χ2v) is 9.40. The molecule has 0 fully saturated rings. The van der Waals surface area contributed by atoms with Gasteiger partial charge in [0, 0.05) is 7.05 Å². The normalized spacial score (nSPS) is 11.9. The Bertz CT molecular complexity index is 1060. The second kappa shape index (κ2) is 7.75. The van der Waals surface area contributed by atoms with Gasteiger partial charge in [0.05, 0.1) is 28.3 Å². The highest BCUT2D eigenvalue weighted by Crippen LogP contribution is 2.30. The Hall–Kier alpha value is -2.30. The molecule has 0 aliphatic rings. The molecular weight excluding hydrogens is 390 g/mol. The number of nitrogens with one attached hydrogen (secondary N) is 3. The molecule has 27 heavy (non-hydrogen) atoms. The summed E-state index contributed by atoms with van der Waals surface area (Å²) in [5.74, 6) is 0.587. The smallest absolute Gasteiger partial charge is 0.262 e. The van der Waals surface area contributed by atoms with Gasteiger partial charge in [0.25, 0.3) is 10.0 Å². The molecule has 0 bridgehead atoms. The maximum Gasteiger partial charge on any atom is 0.262 e. The van der Waals surface area contributed by atoms with Gasteiger partial charge in [-0.3, -0.25) is 4.72 Å². The van der Waals surface area contributed by atoms with Gasteiger partial charge in [-0.1, -0.05) is 0 Å². The van der Waals surface area contributed by atoms with Crippen molar-refractivity contribution in [1.29, 1.82) is 0 Å². The molecule has 0 heterocycles. The van der Waals surface area contributed by atoms with Crippen LogP contribution in [-0.4, -0.2) is 38.0 Å². The summed E-state index contributed by atoms with van der Waals surface area (Å²) in [4.78, 5) is 0.0362. The first-order valence-corrected chi connectivity index (χ1v) is 11.0. The molecule has 0 radical (unpaired) electrons. The van der Waals surface area contributed by atoms with Crippen LogP contribution in [0.1, 0.15) is 11.1 Å². The van der Waals surface area contributed by atoms with E-state index in [1.165, 1.54) is 38.4 Å². The van der Waals surface area contributed by atoms with Crippen LogP contribution in [0.5, 0.6) is 5.75 Å². The van der Waals surface area contributed by atoms with Crippen LogP contribution in [0.3, 0.4) is 0 Å². The van der Waals surface area contributed by atoms with E-state index < -0.39 is 20.0 Å². The predicted octanol–water partition coefficient (Wildman–Crippen LogP) is 2.06. The number of methoxy groups -OCH3 is 1. The van der Waals surface area contributed by atoms with E-state index in [0.717, 1.165) is 0 Å². The topological polar surface area (TPSA) is 114 Å². The first kappa shape index (κ1) is 21.0. The highest BCUT2D eigenvalue weighted by molar-refractivity contribution is 7.92. The number of hydrogen-bond acceptors (Lipinski definition) is 6. The third kappa shape index (κ3) is 4.34. The summed E-state index contributed by atoms with van der Waals surface area (Å²) in [6.07, 6.45) is 0. The summed E-state index contributed by atoms with van der Waals surface area (Å²) in [6, 6.07) is 7.31. The third-order valence-corrected chi connectivity index (χ3v) is 6.99. The van der Waals surface area contributed by atoms with Crippen LogP contribution in [0.25, 0.3) is 0 Å². The summed E-state index contributed by atoms with van der Waals surface area (Å²) in [5, 5.41) is 2.85. The fraction of sp³-hybridized carbons (Fsp3) is 0.294. The zero-order valence-corrected chi connectivity index (χ0v) is 17.4. The minimum absolute atomic E-state index is 0.0515. The summed E-state index contributed by atoms with van der Waals surface area (Å²) >= 11 is 0. The highest BCUT2D eigenvalue weighted by atomic mass is 32.2. The zero-order chi connectivity index (χ0) is 20.4. The van der Waals surface area contributed by atoms with E-state index in [0.29, 0.717) is 22.6 Å². The first-order chi connectivity index (χ1) is 12.6. The molecule has 0 saturated carbocycles. The highest BCUT2D eigenvalue weighted by Gasteiger charge is 2.22. The Kier molecular flexibility index (Phi) is 6.03. The molecule has 0 unspecified atom stereocenters. The lowest BCUT2D eigenvalue weighted by Gasteiger charge is -2.16. The summed E-state index contributed by atoms with van der Waals surface area (Å²) in [5.41, 5.74) is 1.75. The minimum Gasteiger partial charge on any atom is -0.496 e. The number of hydrogen-bond donors (Lipinski definition) is 3. The van der Waals surface area contributed by atoms with E-state index >= 15 is 0 Å². The van der Waals surface area contributed by atoms with Gasteiger partial charge >= 0.3 is 0 Å². The Balaban J connectivity index is 2.55. The Morgan fingerprint density at radius 3 is 2.07 bits per heavy atom. The van der Waals surface area contributed by atoms with Crippen LogP contribution in [-0.2, 0) is 20.0 Å². The monoisotopic (exact) mass is 413 g/mol. The van der Waals surface area contributed by atoms with Crippen molar-refractivity contribution in [2.24, 2.45) is 0 Å². The van der Waals surface area contributed by atoms with Crippen molar-refractivity contribution in [2.45, 2.75) is 23.6 Å². The molecule has 148 valence electrons. The van der Waals surface area contributed by atoms with Gasteiger partial charge in [0.1, 0.15) is 5.75 Å². The largest absolute Gasteiger partial charge is 0.496 e. The zero-order valence-electron chi connectivity index (χ0n) is 15.7. The Morgan fingerprint density at radius 2 is 1.52 bits per heavy atom. The molecule has 0 atom stereocenters. The van der Waals surface area contributed by atoms with Crippen LogP contribution in [0, 0.1) is 13.8 Å². The molecule has 0 saturated heterocycles. The molecule has 10 heteroatoms. The van der Waals surface area contributed by atoms with Gasteiger partial charge in [-0.15, -0.1) is 0 Å². The molecule has 0 aliphatic heterocycles. The lowest BCUT2D eigenvalue weighted by Crippen LogP contribution is -2.20. The van der Waals surface area contributed by atoms with E-state index in [-0.39, 0.29) is 15.5 Å². The quantitative estimate of drug-likeness (QED) is 0.640. The molecule has 8 nitrogen and oxygen atoms in total. The van der Waals surface area contributed by atoms with E-state index in [4.69, 9.17) is 4.74 Å². The van der Waals surface area contributed by atoms with Gasteiger partial charge in [-0.25, -0.2) is 21.6 Å². The standard InChI is InChI=1S/C17H23N3O5S2/c1-11-9-17(12(2)8-16(11)25-5)27(23,24)20-15-10-13(26(21,22)19-4)6-7-14(15)18-3/h6-10,18-20H,1-5H3. The van der Waals surface area contributed by atoms with Crippen LogP contribution in [0.4, 0.5) is 11.4 Å². The van der Waals surface area contributed by atoms with E-state index in [2.05, 4.69) is 14.8 Å². The summed E-state index contributed by atoms with van der Waals surface area (Å²) in [7, 11) is -3.26. The van der Waals surface area contributed by atoms with Gasteiger partial charge in [-0.05, 0) is 62.4 Å². The van der Waals surface area contributed by atoms with Crippen molar-refractivity contribution in [1.82, 2.24) is 4.72 Å². The number of sulfonamides is 2. The van der Waals surface area contributed by atoms with Crippen LogP contribution in [0.2, 0.25) is 0 Å². The average Bonchev–Trinajstić information content (AvgIpc) is 2.62. The number of ether oxygens (including phenoxy) is 1. The molecule has 3 N–H and O–H groups in total. The van der Waals surface area contributed by atoms with Crippen molar-refractivity contribution < 1.29 is 21.6 Å². The predicted molar refractivity (Wildman–Crippen MR) is 106 cm³/mol. The van der Waals surface area contributed by atoms with Crippen molar-refractivity contribution in [3.63, 3.8) is 0 Å². The third-order valence-electron chi connectivity index (χ3n) is 4.07. The van der Waals surface area contributed by atoms with Gasteiger partial charge < -0.3 is 10.1 Å². The van der Waals surface area contributed by atoms with E-state index in [1.807, 2.05) is 0 Å². The summed E-state index contributed by atoms with van der Waals surface area (Å²) in [6.45, 7) is 3.41. The van der Waals surface area contributed by atoms with Gasteiger partial charge in [0.15, 0.2) is 0 Å². The molecule has 0 aromatic heterocycles. The molecular formula is C17H23N3O5S2. The molecule has 2 aromatic carbocycles. The molecule has 0 amide bonds. The van der Waals surface area contributed by atoms with Crippen molar-refractivity contribution in [3.05, 3.63) is 41.5 Å². The number of rotatable bonds is 7. The average molecular weight is 414 g/mol. The van der Waals surface area contributed by atoms with Gasteiger partial charge in [0.2, 0.25) is 10.0 Å². The Labute approximate surface area is 160 Å². The first-order valence-electron chi connectivity index (χ1n) is 7.99. The molecule has 0 spiro atoms. The van der Waals surface area contributed by atoms with Crippen molar-refractivity contribution >= 4 is 31.4 Å². The molecule has 0 aliphatic carbocycles. The lowest BCUT2D eigenvalue weighted by molar-refractivity contribution is 0.411. The second-order valence-electron chi connectivity index (χ2n) is 5.86. The van der Waals surface area contributed by atoms with E-state index in [9.17, 15) is 16.8 Å². The van der Waals surface area contributed by atoms with Crippen molar-refractivity contribution in [3.8, 4) is 5.75 Å². The molecule has 2 rings (SSSR count). The summed E-state index contributed by atoms with van der Waals surface area (Å²) < 4.78 is 59.8.